The van der Waals surface area contributed by atoms with Gasteiger partial charge >= 0.3 is 5.97 Å². The molecule has 1 aliphatic rings. The van der Waals surface area contributed by atoms with E-state index in [4.69, 9.17) is 23.2 Å². The van der Waals surface area contributed by atoms with Gasteiger partial charge in [0.15, 0.2) is 5.78 Å². The van der Waals surface area contributed by atoms with Crippen LogP contribution < -0.4 is 5.32 Å². The van der Waals surface area contributed by atoms with Gasteiger partial charge in [-0.25, -0.2) is 0 Å². The molecule has 7 heteroatoms. The smallest absolute Gasteiger partial charge is 0.307 e. The Balaban J connectivity index is 1.44. The molecule has 0 radical (unpaired) electrons. The van der Waals surface area contributed by atoms with Crippen LogP contribution in [0.15, 0.2) is 66.7 Å². The van der Waals surface area contributed by atoms with Crippen LogP contribution in [0.4, 0.5) is 5.69 Å². The lowest BCUT2D eigenvalue weighted by molar-refractivity contribution is -0.144. The topological polar surface area (TPSA) is 83.5 Å². The molecule has 0 heterocycles. The van der Waals surface area contributed by atoms with Gasteiger partial charge in [-0.1, -0.05) is 72.4 Å². The molecule has 0 bridgehead atoms. The highest BCUT2D eigenvalue weighted by Crippen LogP contribution is 2.33. The summed E-state index contributed by atoms with van der Waals surface area (Å²) < 4.78 is 0. The van der Waals surface area contributed by atoms with E-state index in [1.807, 2.05) is 24.3 Å². The average Bonchev–Trinajstić information content (AvgIpc) is 2.85. The second kappa shape index (κ2) is 10.4. The van der Waals surface area contributed by atoms with Gasteiger partial charge in [-0.2, -0.15) is 0 Å². The van der Waals surface area contributed by atoms with Gasteiger partial charge in [-0.3, -0.25) is 14.4 Å². The molecule has 2 N–H and O–H groups in total. The van der Waals surface area contributed by atoms with E-state index in [-0.39, 0.29) is 11.7 Å². The Hall–Kier alpha value is -3.15. The molecule has 5 nitrogen and oxygen atoms in total. The van der Waals surface area contributed by atoms with Crippen molar-refractivity contribution in [2.24, 2.45) is 11.8 Å². The molecule has 3 aromatic carbocycles. The fourth-order valence-corrected chi connectivity index (χ4v) is 4.67. The number of rotatable bonds is 6. The van der Waals surface area contributed by atoms with Crippen LogP contribution in [-0.2, 0) is 4.79 Å². The third kappa shape index (κ3) is 5.32. The summed E-state index contributed by atoms with van der Waals surface area (Å²) >= 11 is 11.9. The summed E-state index contributed by atoms with van der Waals surface area (Å²) in [7, 11) is 0. The summed E-state index contributed by atoms with van der Waals surface area (Å²) in [6, 6.07) is 19.3. The largest absolute Gasteiger partial charge is 0.481 e. The standard InChI is InChI=1S/C27H23Cl2NO4/c28-23-14-11-19(15-24(23)29)26(32)30-20-12-9-17(10-13-20)16-5-7-18(8-6-16)25(31)21-3-1-2-4-22(21)27(33)34/h5-15,21-22H,1-4H2,(H,30,32)(H,33,34)/t21-,22-/m0/s1. The number of aliphatic carboxylic acids is 1. The van der Waals surface area contributed by atoms with E-state index in [2.05, 4.69) is 5.32 Å². The van der Waals surface area contributed by atoms with Crippen molar-refractivity contribution >= 4 is 46.5 Å². The SMILES string of the molecule is O=C(Nc1ccc(-c2ccc(C(=O)[C@H]3CCCC[C@@H]3C(=O)O)cc2)cc1)c1ccc(Cl)c(Cl)c1. The van der Waals surface area contributed by atoms with Crippen LogP contribution in [0.1, 0.15) is 46.4 Å². The van der Waals surface area contributed by atoms with Crippen molar-refractivity contribution in [2.75, 3.05) is 5.32 Å². The number of carboxylic acid groups (broad SMARTS) is 1. The molecule has 0 aromatic heterocycles. The number of hydrogen-bond acceptors (Lipinski definition) is 3. The fourth-order valence-electron chi connectivity index (χ4n) is 4.37. The van der Waals surface area contributed by atoms with E-state index in [1.165, 1.54) is 6.07 Å². The molecule has 0 saturated heterocycles. The van der Waals surface area contributed by atoms with Crippen molar-refractivity contribution in [3.05, 3.63) is 87.9 Å². The van der Waals surface area contributed by atoms with Crippen LogP contribution in [0.2, 0.25) is 10.0 Å². The van der Waals surface area contributed by atoms with Crippen molar-refractivity contribution in [3.63, 3.8) is 0 Å². The summed E-state index contributed by atoms with van der Waals surface area (Å²) in [5.74, 6) is -2.35. The fraction of sp³-hybridized carbons (Fsp3) is 0.222. The number of Topliss-reactive ketones (excluding diaryl/α,β-unsaturated/α-hetero) is 1. The molecule has 174 valence electrons. The second-order valence-corrected chi connectivity index (χ2v) is 9.25. The molecule has 0 aliphatic heterocycles. The Morgan fingerprint density at radius 2 is 1.29 bits per heavy atom. The van der Waals surface area contributed by atoms with Crippen LogP contribution in [0.5, 0.6) is 0 Å². The van der Waals surface area contributed by atoms with Gasteiger partial charge in [0.2, 0.25) is 0 Å². The summed E-state index contributed by atoms with van der Waals surface area (Å²) in [4.78, 5) is 36.9. The summed E-state index contributed by atoms with van der Waals surface area (Å²) in [6.07, 6.45) is 2.90. The van der Waals surface area contributed by atoms with Crippen molar-refractivity contribution in [2.45, 2.75) is 25.7 Å². The van der Waals surface area contributed by atoms with Gasteiger partial charge in [0.25, 0.3) is 5.91 Å². The number of hydrogen-bond donors (Lipinski definition) is 2. The Labute approximate surface area is 207 Å². The molecule has 34 heavy (non-hydrogen) atoms. The van der Waals surface area contributed by atoms with E-state index in [0.717, 1.165) is 24.0 Å². The van der Waals surface area contributed by atoms with E-state index >= 15 is 0 Å². The molecule has 0 spiro atoms. The van der Waals surface area contributed by atoms with Crippen LogP contribution in [-0.4, -0.2) is 22.8 Å². The van der Waals surface area contributed by atoms with E-state index < -0.39 is 17.8 Å². The zero-order valence-electron chi connectivity index (χ0n) is 18.3. The predicted molar refractivity (Wildman–Crippen MR) is 134 cm³/mol. The number of ketones is 1. The number of carbonyl (C=O) groups excluding carboxylic acids is 2. The Morgan fingerprint density at radius 3 is 1.88 bits per heavy atom. The lowest BCUT2D eigenvalue weighted by Gasteiger charge is -2.27. The molecule has 1 amide bonds. The number of amides is 1. The molecule has 1 saturated carbocycles. The minimum absolute atomic E-state index is 0.0981. The number of halogens is 2. The van der Waals surface area contributed by atoms with Crippen molar-refractivity contribution in [1.82, 2.24) is 0 Å². The highest BCUT2D eigenvalue weighted by atomic mass is 35.5. The van der Waals surface area contributed by atoms with Gasteiger partial charge < -0.3 is 10.4 Å². The highest BCUT2D eigenvalue weighted by Gasteiger charge is 2.35. The van der Waals surface area contributed by atoms with Crippen molar-refractivity contribution in [1.29, 1.82) is 0 Å². The Kier molecular flexibility index (Phi) is 7.35. The molecular weight excluding hydrogens is 473 g/mol. The maximum Gasteiger partial charge on any atom is 0.307 e. The van der Waals surface area contributed by atoms with E-state index in [1.54, 1.807) is 36.4 Å². The highest BCUT2D eigenvalue weighted by molar-refractivity contribution is 6.42. The van der Waals surface area contributed by atoms with Crippen LogP contribution in [0, 0.1) is 11.8 Å². The molecule has 1 aliphatic carbocycles. The number of benzene rings is 3. The normalized spacial score (nSPS) is 17.7. The van der Waals surface area contributed by atoms with Gasteiger partial charge in [0, 0.05) is 22.7 Å². The van der Waals surface area contributed by atoms with Crippen LogP contribution in [0.3, 0.4) is 0 Å². The van der Waals surface area contributed by atoms with E-state index in [0.29, 0.717) is 39.7 Å². The average molecular weight is 496 g/mol. The van der Waals surface area contributed by atoms with Crippen LogP contribution >= 0.6 is 23.2 Å². The summed E-state index contributed by atoms with van der Waals surface area (Å²) in [6.45, 7) is 0. The maximum absolute atomic E-state index is 12.9. The number of carbonyl (C=O) groups is 3. The third-order valence-electron chi connectivity index (χ3n) is 6.25. The van der Waals surface area contributed by atoms with Gasteiger partial charge in [-0.05, 0) is 54.3 Å². The second-order valence-electron chi connectivity index (χ2n) is 8.44. The first-order valence-corrected chi connectivity index (χ1v) is 11.8. The summed E-state index contributed by atoms with van der Waals surface area (Å²) in [5, 5.41) is 13.0. The molecule has 2 atom stereocenters. The van der Waals surface area contributed by atoms with Gasteiger partial charge in [0.05, 0.1) is 16.0 Å². The zero-order chi connectivity index (χ0) is 24.2. The van der Waals surface area contributed by atoms with Crippen LogP contribution in [0.25, 0.3) is 11.1 Å². The first-order valence-electron chi connectivity index (χ1n) is 11.1. The monoisotopic (exact) mass is 495 g/mol. The Morgan fingerprint density at radius 1 is 0.735 bits per heavy atom. The number of anilines is 1. The van der Waals surface area contributed by atoms with Crippen molar-refractivity contribution in [3.8, 4) is 11.1 Å². The minimum atomic E-state index is -0.888. The predicted octanol–water partition coefficient (Wildman–Crippen LogP) is 6.99. The molecule has 0 unspecified atom stereocenters. The van der Waals surface area contributed by atoms with Gasteiger partial charge in [0.1, 0.15) is 0 Å². The lowest BCUT2D eigenvalue weighted by atomic mass is 9.75. The zero-order valence-corrected chi connectivity index (χ0v) is 19.8. The van der Waals surface area contributed by atoms with E-state index in [9.17, 15) is 19.5 Å². The lowest BCUT2D eigenvalue weighted by Crippen LogP contribution is -2.32. The first kappa shape index (κ1) is 24.0. The van der Waals surface area contributed by atoms with Gasteiger partial charge in [-0.15, -0.1) is 0 Å². The number of nitrogens with one attached hydrogen (secondary N) is 1. The first-order chi connectivity index (χ1) is 16.3. The third-order valence-corrected chi connectivity index (χ3v) is 6.99. The minimum Gasteiger partial charge on any atom is -0.481 e. The molecular formula is C27H23Cl2NO4. The van der Waals surface area contributed by atoms with Crippen molar-refractivity contribution < 1.29 is 19.5 Å². The molecule has 4 rings (SSSR count). The Bertz CT molecular complexity index is 1220. The summed E-state index contributed by atoms with van der Waals surface area (Å²) in [5.41, 5.74) is 3.41. The quantitative estimate of drug-likeness (QED) is 0.361. The molecule has 3 aromatic rings. The maximum atomic E-state index is 12.9. The molecule has 1 fully saturated rings. The number of carboxylic acids is 1.